The molecule has 0 aromatic heterocycles. The van der Waals surface area contributed by atoms with Crippen LogP contribution < -0.4 is 0 Å². The van der Waals surface area contributed by atoms with Gasteiger partial charge in [-0.3, -0.25) is 0 Å². The molecule has 3 aromatic carbocycles. The van der Waals surface area contributed by atoms with Crippen LogP contribution in [-0.4, -0.2) is 5.11 Å². The Labute approximate surface area is 143 Å². The van der Waals surface area contributed by atoms with Gasteiger partial charge < -0.3 is 5.11 Å². The van der Waals surface area contributed by atoms with Gasteiger partial charge in [-0.05, 0) is 47.2 Å². The van der Waals surface area contributed by atoms with Crippen molar-refractivity contribution in [2.45, 2.75) is 19.1 Å². The molecule has 0 heterocycles. The quantitative estimate of drug-likeness (QED) is 0.594. The number of phenolic OH excluding ortho intramolecular Hbond substituents is 1. The summed E-state index contributed by atoms with van der Waals surface area (Å²) in [5.41, 5.74) is 6.45. The lowest BCUT2D eigenvalue weighted by Gasteiger charge is -2.15. The van der Waals surface area contributed by atoms with Crippen molar-refractivity contribution in [3.63, 3.8) is 0 Å². The van der Waals surface area contributed by atoms with E-state index < -0.39 is 0 Å². The minimum atomic E-state index is -0.00202. The Hall–Kier alpha value is -2.19. The Morgan fingerprint density at radius 2 is 1.26 bits per heavy atom. The van der Waals surface area contributed by atoms with Gasteiger partial charge in [-0.1, -0.05) is 66.7 Å². The number of phenols is 1. The lowest BCUT2D eigenvalue weighted by Crippen LogP contribution is -1.96. The summed E-state index contributed by atoms with van der Waals surface area (Å²) in [6.07, 6.45) is 0. The van der Waals surface area contributed by atoms with Crippen LogP contribution in [-0.2, 0) is 0 Å². The summed E-state index contributed by atoms with van der Waals surface area (Å²) in [5, 5.41) is 9.92. The van der Waals surface area contributed by atoms with Gasteiger partial charge in [0.1, 0.15) is 5.75 Å². The van der Waals surface area contributed by atoms with Crippen molar-refractivity contribution in [3.8, 4) is 16.9 Å². The zero-order chi connectivity index (χ0) is 16.4. The van der Waals surface area contributed by atoms with Crippen LogP contribution in [0.25, 0.3) is 11.1 Å². The molecule has 3 rings (SSSR count). The third-order valence-electron chi connectivity index (χ3n) is 4.16. The van der Waals surface area contributed by atoms with Crippen molar-refractivity contribution in [3.05, 3.63) is 89.0 Å². The summed E-state index contributed by atoms with van der Waals surface area (Å²) in [6.45, 7) is 3.84. The van der Waals surface area contributed by atoms with Crippen LogP contribution in [0.1, 0.15) is 27.5 Å². The molecule has 1 N–H and O–H groups in total. The van der Waals surface area contributed by atoms with E-state index in [4.69, 9.17) is 12.6 Å². The summed E-state index contributed by atoms with van der Waals surface area (Å²) >= 11 is 4.78. The molecule has 2 heteroatoms. The first-order valence-corrected chi connectivity index (χ1v) is 8.21. The minimum Gasteiger partial charge on any atom is -0.507 e. The Bertz CT molecular complexity index is 784. The van der Waals surface area contributed by atoms with E-state index in [2.05, 4.69) is 36.4 Å². The predicted octanol–water partition coefficient (Wildman–Crippen LogP) is 5.70. The Morgan fingerprint density at radius 3 is 1.83 bits per heavy atom. The molecule has 0 aliphatic rings. The van der Waals surface area contributed by atoms with Crippen LogP contribution in [0.15, 0.2) is 66.7 Å². The second-order valence-corrected chi connectivity index (χ2v) is 6.41. The Balaban J connectivity index is 1.90. The van der Waals surface area contributed by atoms with E-state index in [1.54, 1.807) is 0 Å². The number of hydrogen-bond acceptors (Lipinski definition) is 2. The molecule has 0 aliphatic carbocycles. The summed E-state index contributed by atoms with van der Waals surface area (Å²) < 4.78 is 0. The van der Waals surface area contributed by atoms with Crippen molar-refractivity contribution < 1.29 is 5.11 Å². The molecule has 1 atom stereocenters. The van der Waals surface area contributed by atoms with E-state index in [1.165, 1.54) is 11.1 Å². The molecule has 0 aliphatic heterocycles. The monoisotopic (exact) mass is 320 g/mol. The highest BCUT2D eigenvalue weighted by Crippen LogP contribution is 2.34. The molecule has 0 saturated carbocycles. The minimum absolute atomic E-state index is 0.00202. The molecule has 0 radical (unpaired) electrons. The molecule has 0 fully saturated rings. The molecule has 0 amide bonds. The van der Waals surface area contributed by atoms with E-state index >= 15 is 0 Å². The van der Waals surface area contributed by atoms with Crippen LogP contribution in [0.5, 0.6) is 5.75 Å². The van der Waals surface area contributed by atoms with E-state index in [1.807, 2.05) is 44.2 Å². The van der Waals surface area contributed by atoms with E-state index in [0.29, 0.717) is 5.75 Å². The lowest BCUT2D eigenvalue weighted by atomic mass is 9.97. The lowest BCUT2D eigenvalue weighted by molar-refractivity contribution is 0.466. The van der Waals surface area contributed by atoms with Gasteiger partial charge in [0.2, 0.25) is 0 Å². The molecule has 0 spiro atoms. The fourth-order valence-electron chi connectivity index (χ4n) is 2.83. The fraction of sp³-hybridized carbons (Fsp3) is 0.143. The zero-order valence-electron chi connectivity index (χ0n) is 13.3. The summed E-state index contributed by atoms with van der Waals surface area (Å²) in [4.78, 5) is 0. The summed E-state index contributed by atoms with van der Waals surface area (Å²) in [6, 6.07) is 22.9. The first-order chi connectivity index (χ1) is 11.1. The number of benzene rings is 3. The van der Waals surface area contributed by atoms with Crippen molar-refractivity contribution in [2.24, 2.45) is 0 Å². The van der Waals surface area contributed by atoms with Gasteiger partial charge in [0.15, 0.2) is 0 Å². The van der Waals surface area contributed by atoms with Gasteiger partial charge in [0.25, 0.3) is 0 Å². The van der Waals surface area contributed by atoms with E-state index in [9.17, 15) is 5.11 Å². The highest BCUT2D eigenvalue weighted by atomic mass is 32.1. The van der Waals surface area contributed by atoms with Crippen molar-refractivity contribution >= 4 is 12.6 Å². The highest BCUT2D eigenvalue weighted by Gasteiger charge is 2.12. The van der Waals surface area contributed by atoms with Gasteiger partial charge in [0.05, 0.1) is 5.25 Å². The normalized spacial score (nSPS) is 12.1. The van der Waals surface area contributed by atoms with Gasteiger partial charge in [0, 0.05) is 0 Å². The average molecular weight is 320 g/mol. The van der Waals surface area contributed by atoms with Crippen LogP contribution >= 0.6 is 12.6 Å². The third kappa shape index (κ3) is 3.27. The molecular weight excluding hydrogens is 300 g/mol. The first kappa shape index (κ1) is 15.7. The standard InChI is InChI=1S/C21H20OS/c1-14-12-19(13-15(2)20(14)22)21(23)18-10-8-17(9-11-18)16-6-4-3-5-7-16/h3-13,21-23H,1-2H3. The number of rotatable bonds is 3. The molecular formula is C21H20OS. The SMILES string of the molecule is Cc1cc(C(S)c2ccc(-c3ccccc3)cc2)cc(C)c1O. The van der Waals surface area contributed by atoms with Crippen LogP contribution in [0.2, 0.25) is 0 Å². The molecule has 1 unspecified atom stereocenters. The Morgan fingerprint density at radius 1 is 0.739 bits per heavy atom. The summed E-state index contributed by atoms with van der Waals surface area (Å²) in [5.74, 6) is 0.369. The molecule has 1 nitrogen and oxygen atoms in total. The van der Waals surface area contributed by atoms with Crippen LogP contribution in [0, 0.1) is 13.8 Å². The smallest absolute Gasteiger partial charge is 0.121 e. The second kappa shape index (κ2) is 6.51. The maximum atomic E-state index is 9.92. The molecule has 0 saturated heterocycles. The van der Waals surface area contributed by atoms with Crippen molar-refractivity contribution in [2.75, 3.05) is 0 Å². The molecule has 3 aromatic rings. The number of hydrogen-bond donors (Lipinski definition) is 2. The van der Waals surface area contributed by atoms with E-state index in [0.717, 1.165) is 22.3 Å². The topological polar surface area (TPSA) is 20.2 Å². The third-order valence-corrected chi connectivity index (χ3v) is 4.76. The molecule has 0 bridgehead atoms. The number of thiol groups is 1. The zero-order valence-corrected chi connectivity index (χ0v) is 14.2. The summed E-state index contributed by atoms with van der Waals surface area (Å²) in [7, 11) is 0. The fourth-order valence-corrected chi connectivity index (χ4v) is 3.15. The van der Waals surface area contributed by atoms with Crippen molar-refractivity contribution in [1.29, 1.82) is 0 Å². The van der Waals surface area contributed by atoms with Gasteiger partial charge >= 0.3 is 0 Å². The van der Waals surface area contributed by atoms with Gasteiger partial charge in [-0.2, -0.15) is 12.6 Å². The number of aryl methyl sites for hydroxylation is 2. The molecule has 23 heavy (non-hydrogen) atoms. The van der Waals surface area contributed by atoms with Crippen LogP contribution in [0.3, 0.4) is 0 Å². The van der Waals surface area contributed by atoms with Gasteiger partial charge in [-0.15, -0.1) is 0 Å². The largest absolute Gasteiger partial charge is 0.507 e. The predicted molar refractivity (Wildman–Crippen MR) is 100 cm³/mol. The van der Waals surface area contributed by atoms with Gasteiger partial charge in [-0.25, -0.2) is 0 Å². The van der Waals surface area contributed by atoms with E-state index in [-0.39, 0.29) is 5.25 Å². The maximum Gasteiger partial charge on any atom is 0.121 e. The first-order valence-electron chi connectivity index (χ1n) is 7.70. The average Bonchev–Trinajstić information content (AvgIpc) is 2.59. The van der Waals surface area contributed by atoms with Crippen molar-refractivity contribution in [1.82, 2.24) is 0 Å². The highest BCUT2D eigenvalue weighted by molar-refractivity contribution is 7.80. The second-order valence-electron chi connectivity index (χ2n) is 5.89. The maximum absolute atomic E-state index is 9.92. The molecule has 116 valence electrons. The Kier molecular flexibility index (Phi) is 4.44. The van der Waals surface area contributed by atoms with Crippen LogP contribution in [0.4, 0.5) is 0 Å². The number of aromatic hydroxyl groups is 1.